The minimum Gasteiger partial charge on any atom is -0.744 e. The van der Waals surface area contributed by atoms with Gasteiger partial charge in [0.15, 0.2) is 0 Å². The molecule has 1 heterocycles. The molecule has 0 bridgehead atoms. The van der Waals surface area contributed by atoms with Crippen LogP contribution in [0, 0.1) is 0 Å². The van der Waals surface area contributed by atoms with Crippen LogP contribution in [-0.4, -0.2) is 65.2 Å². The minimum absolute atomic E-state index is 0.0245. The van der Waals surface area contributed by atoms with Crippen molar-refractivity contribution in [2.24, 2.45) is 0 Å². The number of rotatable bonds is 12. The van der Waals surface area contributed by atoms with E-state index in [1.165, 1.54) is 12.1 Å². The number of hydrogen-bond acceptors (Lipinski definition) is 8. The molecule has 0 amide bonds. The van der Waals surface area contributed by atoms with Crippen molar-refractivity contribution < 1.29 is 35.7 Å². The van der Waals surface area contributed by atoms with Gasteiger partial charge in [0.2, 0.25) is 15.4 Å². The largest absolute Gasteiger partial charge is 0.744 e. The first-order chi connectivity index (χ1) is 20.3. The monoisotopic (exact) mass is 629 g/mol. The van der Waals surface area contributed by atoms with Gasteiger partial charge >= 0.3 is 5.97 Å². The average Bonchev–Trinajstić information content (AvgIpc) is 2.96. The van der Waals surface area contributed by atoms with Crippen LogP contribution in [0.25, 0.3) is 33.4 Å². The number of fused-ring (bicyclic) bond motifs is 2. The molecule has 230 valence electrons. The van der Waals surface area contributed by atoms with E-state index in [-0.39, 0.29) is 5.56 Å². The number of benzene rings is 3. The van der Waals surface area contributed by atoms with E-state index < -0.39 is 48.9 Å². The zero-order chi connectivity index (χ0) is 31.5. The van der Waals surface area contributed by atoms with Crippen LogP contribution in [0.2, 0.25) is 0 Å². The Morgan fingerprint density at radius 2 is 1.60 bits per heavy atom. The summed E-state index contributed by atoms with van der Waals surface area (Å²) in [6, 6.07) is 14.4. The summed E-state index contributed by atoms with van der Waals surface area (Å²) < 4.78 is 74.3. The van der Waals surface area contributed by atoms with Gasteiger partial charge in [0.1, 0.15) is 34.6 Å². The predicted molar refractivity (Wildman–Crippen MR) is 164 cm³/mol. The van der Waals surface area contributed by atoms with Gasteiger partial charge in [-0.3, -0.25) is 4.79 Å². The molecule has 2 aromatic carbocycles. The van der Waals surface area contributed by atoms with Gasteiger partial charge in [-0.25, -0.2) is 26.1 Å². The van der Waals surface area contributed by atoms with E-state index in [1.807, 2.05) is 52.0 Å². The molecule has 11 nitrogen and oxygen atoms in total. The van der Waals surface area contributed by atoms with Gasteiger partial charge in [-0.05, 0) is 58.0 Å². The van der Waals surface area contributed by atoms with Crippen molar-refractivity contribution in [1.29, 1.82) is 0 Å². The van der Waals surface area contributed by atoms with Crippen LogP contribution in [0.15, 0.2) is 68.8 Å². The summed E-state index contributed by atoms with van der Waals surface area (Å²) in [7, 11) is -9.49. The molecule has 2 aromatic rings. The van der Waals surface area contributed by atoms with Crippen LogP contribution in [-0.2, 0) is 24.9 Å². The molecule has 2 N–H and O–H groups in total. The van der Waals surface area contributed by atoms with Crippen molar-refractivity contribution in [1.82, 2.24) is 9.30 Å². The summed E-state index contributed by atoms with van der Waals surface area (Å²) in [4.78, 5) is 11.8. The van der Waals surface area contributed by atoms with E-state index in [0.29, 0.717) is 27.9 Å². The predicted octanol–water partition coefficient (Wildman–Crippen LogP) is 3.52. The Kier molecular flexibility index (Phi) is 9.60. The SMILES string of the molecule is CCN(CC)c1ccc2c(-c3ccc(S(=O)(=O)NCCC(=O)O)cc3S(=O)(=O)[O-])c3ccc(=[N+](CC)CC)cc-3oc2c1. The molecule has 13 heteroatoms. The highest BCUT2D eigenvalue weighted by Gasteiger charge is 2.25. The van der Waals surface area contributed by atoms with Gasteiger partial charge in [-0.1, -0.05) is 6.07 Å². The minimum atomic E-state index is -5.18. The van der Waals surface area contributed by atoms with E-state index in [2.05, 4.69) is 14.2 Å². The summed E-state index contributed by atoms with van der Waals surface area (Å²) in [5, 5.41) is 10.3. The number of sulfonamides is 1. The summed E-state index contributed by atoms with van der Waals surface area (Å²) >= 11 is 0. The van der Waals surface area contributed by atoms with Gasteiger partial charge in [0, 0.05) is 59.5 Å². The molecule has 0 saturated heterocycles. The summed E-state index contributed by atoms with van der Waals surface area (Å²) in [5.74, 6) is -0.743. The van der Waals surface area contributed by atoms with Crippen molar-refractivity contribution in [2.75, 3.05) is 37.6 Å². The number of nitrogens with one attached hydrogen (secondary N) is 1. The highest BCUT2D eigenvalue weighted by atomic mass is 32.2. The maximum atomic E-state index is 12.9. The fourth-order valence-electron chi connectivity index (χ4n) is 5.19. The maximum Gasteiger partial charge on any atom is 0.304 e. The molecule has 0 unspecified atom stereocenters. The highest BCUT2D eigenvalue weighted by Crippen LogP contribution is 2.43. The third kappa shape index (κ3) is 6.74. The maximum absolute atomic E-state index is 12.9. The van der Waals surface area contributed by atoms with Crippen molar-refractivity contribution in [3.63, 3.8) is 0 Å². The molecule has 0 spiro atoms. The third-order valence-corrected chi connectivity index (χ3v) is 9.71. The number of hydrogen-bond donors (Lipinski definition) is 2. The highest BCUT2D eigenvalue weighted by molar-refractivity contribution is 7.89. The summed E-state index contributed by atoms with van der Waals surface area (Å²) in [5.41, 5.74) is 2.34. The Balaban J connectivity index is 2.07. The molecule has 1 aliphatic carbocycles. The van der Waals surface area contributed by atoms with E-state index in [1.54, 1.807) is 12.1 Å². The second kappa shape index (κ2) is 12.8. The van der Waals surface area contributed by atoms with Gasteiger partial charge in [-0.15, -0.1) is 0 Å². The number of nitrogens with zero attached hydrogens (tertiary/aromatic N) is 2. The normalized spacial score (nSPS) is 12.1. The lowest BCUT2D eigenvalue weighted by Gasteiger charge is -2.23. The van der Waals surface area contributed by atoms with Crippen molar-refractivity contribution in [2.45, 2.75) is 43.9 Å². The Labute approximate surface area is 251 Å². The van der Waals surface area contributed by atoms with Crippen LogP contribution in [0.5, 0.6) is 0 Å². The van der Waals surface area contributed by atoms with Crippen LogP contribution in [0.3, 0.4) is 0 Å². The number of carboxylic acids is 1. The van der Waals surface area contributed by atoms with E-state index in [0.717, 1.165) is 43.3 Å². The molecular weight excluding hydrogens is 594 g/mol. The number of carboxylic acid groups (broad SMARTS) is 1. The van der Waals surface area contributed by atoms with E-state index >= 15 is 0 Å². The van der Waals surface area contributed by atoms with Crippen molar-refractivity contribution in [3.05, 3.63) is 60.0 Å². The van der Waals surface area contributed by atoms with Gasteiger partial charge in [0.25, 0.3) is 0 Å². The van der Waals surface area contributed by atoms with Crippen LogP contribution in [0.4, 0.5) is 5.69 Å². The molecule has 4 rings (SSSR count). The van der Waals surface area contributed by atoms with Crippen molar-refractivity contribution >= 4 is 42.8 Å². The fourth-order valence-corrected chi connectivity index (χ4v) is 7.03. The Morgan fingerprint density at radius 3 is 2.21 bits per heavy atom. The Bertz CT molecular complexity index is 1920. The lowest BCUT2D eigenvalue weighted by Crippen LogP contribution is -2.29. The molecule has 0 aromatic heterocycles. The number of aliphatic carboxylic acids is 1. The first-order valence-electron chi connectivity index (χ1n) is 14.0. The van der Waals surface area contributed by atoms with Gasteiger partial charge in [-0.2, -0.15) is 0 Å². The second-order valence-electron chi connectivity index (χ2n) is 9.84. The first kappa shape index (κ1) is 32.1. The van der Waals surface area contributed by atoms with E-state index in [9.17, 15) is 26.2 Å². The molecule has 1 aliphatic heterocycles. The molecular formula is C30H35N3O8S2. The average molecular weight is 630 g/mol. The van der Waals surface area contributed by atoms with Gasteiger partial charge < -0.3 is 19.0 Å². The van der Waals surface area contributed by atoms with Crippen molar-refractivity contribution in [3.8, 4) is 22.5 Å². The van der Waals surface area contributed by atoms with Crippen LogP contribution < -0.4 is 19.6 Å². The molecule has 43 heavy (non-hydrogen) atoms. The Hall–Kier alpha value is -3.78. The molecule has 0 saturated carbocycles. The van der Waals surface area contributed by atoms with Gasteiger partial charge in [0.05, 0.1) is 22.3 Å². The second-order valence-corrected chi connectivity index (χ2v) is 13.0. The third-order valence-electron chi connectivity index (χ3n) is 7.38. The fraction of sp³-hybridized carbons (Fsp3) is 0.333. The lowest BCUT2D eigenvalue weighted by atomic mass is 9.93. The molecule has 0 atom stereocenters. The summed E-state index contributed by atoms with van der Waals surface area (Å²) in [6.07, 6.45) is -0.472. The molecule has 2 aliphatic rings. The first-order valence-corrected chi connectivity index (χ1v) is 16.9. The van der Waals surface area contributed by atoms with Crippen LogP contribution in [0.1, 0.15) is 34.1 Å². The lowest BCUT2D eigenvalue weighted by molar-refractivity contribution is -0.136. The van der Waals surface area contributed by atoms with E-state index in [4.69, 9.17) is 9.52 Å². The standard InChI is InChI=1S/C30H35N3O8S2/c1-5-32(6-2)20-9-12-23-26(17-20)41-27-18-21(33(7-3)8-4)10-13-24(27)30(23)25-14-11-22(19-28(25)43(38,39)40)42(36,37)31-16-15-29(34)35/h9-14,17-19,31H,5-8,15-16H2,1-4H3,(H-,34,35,38,39,40). The number of carbonyl (C=O) groups is 1. The smallest absolute Gasteiger partial charge is 0.304 e. The quantitative estimate of drug-likeness (QED) is 0.136. The van der Waals surface area contributed by atoms with Crippen LogP contribution >= 0.6 is 0 Å². The zero-order valence-electron chi connectivity index (χ0n) is 24.5. The number of anilines is 1. The topological polar surface area (TPSA) is 160 Å². The summed E-state index contributed by atoms with van der Waals surface area (Å²) in [6.45, 7) is 10.7. The zero-order valence-corrected chi connectivity index (χ0v) is 26.1. The molecule has 0 radical (unpaired) electrons. The Morgan fingerprint density at radius 1 is 0.930 bits per heavy atom. The molecule has 0 fully saturated rings.